The Morgan fingerprint density at radius 3 is 2.80 bits per heavy atom. The van der Waals surface area contributed by atoms with Crippen LogP contribution in [-0.4, -0.2) is 43.8 Å². The van der Waals surface area contributed by atoms with Gasteiger partial charge in [-0.2, -0.15) is 5.10 Å². The first-order chi connectivity index (χ1) is 14.6. The number of carbonyl (C=O) groups is 1. The molecule has 0 fully saturated rings. The molecule has 0 atom stereocenters. The third-order valence-corrected chi connectivity index (χ3v) is 5.18. The SMILES string of the molecule is COc1cccc(NC(=O)CSc2nnc(-c3cc(-c4ccccc4)n[nH]3)n2N)c1. The number of benzene rings is 2. The van der Waals surface area contributed by atoms with Crippen molar-refractivity contribution in [3.05, 3.63) is 60.7 Å². The molecule has 4 rings (SSSR count). The zero-order chi connectivity index (χ0) is 20.9. The van der Waals surface area contributed by atoms with E-state index in [1.165, 1.54) is 16.4 Å². The lowest BCUT2D eigenvalue weighted by Crippen LogP contribution is -2.16. The second kappa shape index (κ2) is 8.70. The van der Waals surface area contributed by atoms with Crippen LogP contribution in [0.3, 0.4) is 0 Å². The van der Waals surface area contributed by atoms with Gasteiger partial charge < -0.3 is 15.9 Å². The Morgan fingerprint density at radius 1 is 1.17 bits per heavy atom. The van der Waals surface area contributed by atoms with Gasteiger partial charge in [-0.05, 0) is 18.2 Å². The second-order valence-electron chi connectivity index (χ2n) is 6.28. The maximum atomic E-state index is 12.2. The number of hydrogen-bond acceptors (Lipinski definition) is 7. The van der Waals surface area contributed by atoms with Crippen molar-refractivity contribution in [2.45, 2.75) is 5.16 Å². The van der Waals surface area contributed by atoms with Crippen LogP contribution in [0, 0.1) is 0 Å². The zero-order valence-corrected chi connectivity index (χ0v) is 16.9. The highest BCUT2D eigenvalue weighted by Gasteiger charge is 2.16. The van der Waals surface area contributed by atoms with Gasteiger partial charge in [0.2, 0.25) is 16.9 Å². The average Bonchev–Trinajstić information content (AvgIpc) is 3.40. The smallest absolute Gasteiger partial charge is 0.234 e. The lowest BCUT2D eigenvalue weighted by molar-refractivity contribution is -0.113. The number of aromatic nitrogens is 5. The number of nitrogens with one attached hydrogen (secondary N) is 2. The summed E-state index contributed by atoms with van der Waals surface area (Å²) in [6.45, 7) is 0. The Bertz CT molecular complexity index is 1160. The summed E-state index contributed by atoms with van der Waals surface area (Å²) in [5, 5.41) is 18.7. The summed E-state index contributed by atoms with van der Waals surface area (Å²) in [5.74, 6) is 7.17. The van der Waals surface area contributed by atoms with Gasteiger partial charge in [0.15, 0.2) is 0 Å². The molecule has 0 aliphatic rings. The van der Waals surface area contributed by atoms with Crippen molar-refractivity contribution in [1.29, 1.82) is 0 Å². The molecular weight excluding hydrogens is 402 g/mol. The van der Waals surface area contributed by atoms with Gasteiger partial charge >= 0.3 is 0 Å². The van der Waals surface area contributed by atoms with E-state index < -0.39 is 0 Å². The number of aromatic amines is 1. The number of methoxy groups -OCH3 is 1. The maximum Gasteiger partial charge on any atom is 0.234 e. The van der Waals surface area contributed by atoms with E-state index in [1.807, 2.05) is 42.5 Å². The average molecular weight is 421 g/mol. The predicted molar refractivity (Wildman–Crippen MR) is 116 cm³/mol. The van der Waals surface area contributed by atoms with Gasteiger partial charge in [-0.15, -0.1) is 10.2 Å². The second-order valence-corrected chi connectivity index (χ2v) is 7.22. The lowest BCUT2D eigenvalue weighted by Gasteiger charge is -2.06. The molecule has 1 amide bonds. The third kappa shape index (κ3) is 4.28. The highest BCUT2D eigenvalue weighted by Crippen LogP contribution is 2.24. The molecule has 0 aliphatic carbocycles. The zero-order valence-electron chi connectivity index (χ0n) is 16.1. The Hall–Kier alpha value is -3.79. The van der Waals surface area contributed by atoms with Gasteiger partial charge in [-0.1, -0.05) is 48.2 Å². The van der Waals surface area contributed by atoms with Crippen LogP contribution in [0.2, 0.25) is 0 Å². The van der Waals surface area contributed by atoms with Crippen LogP contribution in [-0.2, 0) is 4.79 Å². The maximum absolute atomic E-state index is 12.2. The van der Waals surface area contributed by atoms with Crippen molar-refractivity contribution in [2.24, 2.45) is 0 Å². The number of carbonyl (C=O) groups excluding carboxylic acids is 1. The van der Waals surface area contributed by atoms with Crippen molar-refractivity contribution in [3.63, 3.8) is 0 Å². The topological polar surface area (TPSA) is 124 Å². The molecule has 2 aromatic carbocycles. The number of rotatable bonds is 7. The molecule has 10 heteroatoms. The van der Waals surface area contributed by atoms with Gasteiger partial charge in [0.25, 0.3) is 0 Å². The summed E-state index contributed by atoms with van der Waals surface area (Å²) in [5.41, 5.74) is 3.05. The van der Waals surface area contributed by atoms with Gasteiger partial charge in [-0.3, -0.25) is 9.89 Å². The first-order valence-corrected chi connectivity index (χ1v) is 10.0. The molecule has 2 aromatic heterocycles. The van der Waals surface area contributed by atoms with Gasteiger partial charge in [0.1, 0.15) is 11.4 Å². The fourth-order valence-corrected chi connectivity index (χ4v) is 3.44. The minimum atomic E-state index is -0.189. The van der Waals surface area contributed by atoms with Crippen LogP contribution in [0.15, 0.2) is 65.8 Å². The first-order valence-electron chi connectivity index (χ1n) is 9.02. The van der Waals surface area contributed by atoms with Crippen LogP contribution < -0.4 is 15.9 Å². The van der Waals surface area contributed by atoms with Gasteiger partial charge in [-0.25, -0.2) is 4.68 Å². The van der Waals surface area contributed by atoms with E-state index in [9.17, 15) is 4.79 Å². The molecule has 2 heterocycles. The number of nitrogen functional groups attached to an aromatic ring is 1. The number of thioether (sulfide) groups is 1. The van der Waals surface area contributed by atoms with E-state index >= 15 is 0 Å². The molecular formula is C20H19N7O2S. The summed E-state index contributed by atoms with van der Waals surface area (Å²) in [6, 6.07) is 18.8. The predicted octanol–water partition coefficient (Wildman–Crippen LogP) is 2.79. The highest BCUT2D eigenvalue weighted by molar-refractivity contribution is 7.99. The quantitative estimate of drug-likeness (QED) is 0.310. The van der Waals surface area contributed by atoms with E-state index in [4.69, 9.17) is 10.6 Å². The highest BCUT2D eigenvalue weighted by atomic mass is 32.2. The van der Waals surface area contributed by atoms with E-state index in [-0.39, 0.29) is 11.7 Å². The van der Waals surface area contributed by atoms with Crippen molar-refractivity contribution in [3.8, 4) is 28.5 Å². The van der Waals surface area contributed by atoms with Gasteiger partial charge in [0, 0.05) is 17.3 Å². The summed E-state index contributed by atoms with van der Waals surface area (Å²) < 4.78 is 6.49. The fourth-order valence-electron chi connectivity index (χ4n) is 2.78. The number of nitrogens with two attached hydrogens (primary N) is 1. The lowest BCUT2D eigenvalue weighted by atomic mass is 10.1. The van der Waals surface area contributed by atoms with Crippen LogP contribution >= 0.6 is 11.8 Å². The summed E-state index contributed by atoms with van der Waals surface area (Å²) in [6.07, 6.45) is 0. The molecule has 0 saturated heterocycles. The number of H-pyrrole nitrogens is 1. The van der Waals surface area contributed by atoms with E-state index in [1.54, 1.807) is 25.3 Å². The molecule has 152 valence electrons. The monoisotopic (exact) mass is 421 g/mol. The molecule has 4 N–H and O–H groups in total. The fraction of sp³-hybridized carbons (Fsp3) is 0.100. The van der Waals surface area contributed by atoms with Crippen LogP contribution in [0.5, 0.6) is 5.75 Å². The van der Waals surface area contributed by atoms with Crippen LogP contribution in [0.1, 0.15) is 0 Å². The summed E-state index contributed by atoms with van der Waals surface area (Å²) in [7, 11) is 1.57. The van der Waals surface area contributed by atoms with Crippen LogP contribution in [0.4, 0.5) is 5.69 Å². The van der Waals surface area contributed by atoms with E-state index in [0.29, 0.717) is 28.1 Å². The standard InChI is InChI=1S/C20H19N7O2S/c1-29-15-9-5-8-14(10-15)22-18(28)12-30-20-26-25-19(27(20)21)17-11-16(23-24-17)13-6-3-2-4-7-13/h2-11H,12,21H2,1H3,(H,22,28)(H,23,24). The molecule has 9 nitrogen and oxygen atoms in total. The van der Waals surface area contributed by atoms with Crippen molar-refractivity contribution in [1.82, 2.24) is 25.1 Å². The molecule has 0 spiro atoms. The van der Waals surface area contributed by atoms with E-state index in [2.05, 4.69) is 25.7 Å². The normalized spacial score (nSPS) is 10.7. The minimum Gasteiger partial charge on any atom is -0.497 e. The van der Waals surface area contributed by atoms with E-state index in [0.717, 1.165) is 11.3 Å². The molecule has 0 bridgehead atoms. The number of nitrogens with zero attached hydrogens (tertiary/aromatic N) is 4. The Labute approximate surface area is 176 Å². The number of hydrogen-bond donors (Lipinski definition) is 3. The molecule has 0 saturated carbocycles. The van der Waals surface area contributed by atoms with Gasteiger partial charge in [0.05, 0.1) is 18.6 Å². The molecule has 0 unspecified atom stereocenters. The minimum absolute atomic E-state index is 0.130. The summed E-state index contributed by atoms with van der Waals surface area (Å²) >= 11 is 1.19. The molecule has 0 aliphatic heterocycles. The number of amides is 1. The molecule has 30 heavy (non-hydrogen) atoms. The number of anilines is 1. The number of ether oxygens (including phenoxy) is 1. The summed E-state index contributed by atoms with van der Waals surface area (Å²) in [4.78, 5) is 12.2. The van der Waals surface area contributed by atoms with Crippen molar-refractivity contribution < 1.29 is 9.53 Å². The Balaban J connectivity index is 1.41. The largest absolute Gasteiger partial charge is 0.497 e. The van der Waals surface area contributed by atoms with Crippen molar-refractivity contribution >= 4 is 23.4 Å². The molecule has 4 aromatic rings. The third-order valence-electron chi connectivity index (χ3n) is 4.24. The van der Waals surface area contributed by atoms with Crippen LogP contribution in [0.25, 0.3) is 22.8 Å². The van der Waals surface area contributed by atoms with Crippen molar-refractivity contribution in [2.75, 3.05) is 24.0 Å². The Morgan fingerprint density at radius 2 is 2.00 bits per heavy atom. The first kappa shape index (κ1) is 19.5. The Kier molecular flexibility index (Phi) is 5.66. The molecule has 0 radical (unpaired) electrons.